The van der Waals surface area contributed by atoms with Crippen molar-refractivity contribution in [2.75, 3.05) is 28.4 Å². The highest BCUT2D eigenvalue weighted by Gasteiger charge is 2.08. The maximum Gasteiger partial charge on any atom is 0.309 e. The van der Waals surface area contributed by atoms with Crippen LogP contribution in [0.4, 0.5) is 0 Å². The Balaban J connectivity index is 0.000000316. The number of aliphatic hydroxyl groups is 2. The first-order chi connectivity index (χ1) is 19.6. The predicted molar refractivity (Wildman–Crippen MR) is 167 cm³/mol. The number of halogens is 3. The fraction of sp³-hybridized carbons (Fsp3) is 0.333. The van der Waals surface area contributed by atoms with Crippen LogP contribution in [0.5, 0.6) is 0 Å². The summed E-state index contributed by atoms with van der Waals surface area (Å²) < 4.78 is 22.1. The van der Waals surface area contributed by atoms with E-state index in [4.69, 9.17) is 19.7 Å². The molecular formula is C30H35Br3O8. The highest BCUT2D eigenvalue weighted by atomic mass is 79.9. The number of hydrogen-bond donors (Lipinski definition) is 2. The molecule has 0 atom stereocenters. The van der Waals surface area contributed by atoms with Crippen LogP contribution in [-0.2, 0) is 67.8 Å². The molecule has 0 aliphatic carbocycles. The van der Waals surface area contributed by atoms with Crippen molar-refractivity contribution in [3.8, 4) is 0 Å². The standard InChI is InChI=1S/C12H13BrO4.C10H13BrO2.C8H9BrO2/c1-16-11(14)6-8-3-9(5-10(13)4-8)7-12(15)17-2;1-12-6-8-3-9(7-13-2)5-10(11)4-8;9-8-2-6(4-10)1-7(3-8)5-11/h3-5H,6-7H2,1-2H3;3-5H,6-7H2,1-2H3;1-3,10-11H,4-5H2. The van der Waals surface area contributed by atoms with Gasteiger partial charge in [-0.25, -0.2) is 0 Å². The van der Waals surface area contributed by atoms with E-state index in [1.165, 1.54) is 14.2 Å². The van der Waals surface area contributed by atoms with Crippen molar-refractivity contribution in [2.24, 2.45) is 0 Å². The second kappa shape index (κ2) is 20.7. The summed E-state index contributed by atoms with van der Waals surface area (Å²) in [7, 11) is 6.07. The average molecular weight is 763 g/mol. The number of ether oxygens (including phenoxy) is 4. The summed E-state index contributed by atoms with van der Waals surface area (Å²) in [5.41, 5.74) is 5.52. The van der Waals surface area contributed by atoms with Crippen molar-refractivity contribution >= 4 is 59.7 Å². The van der Waals surface area contributed by atoms with Gasteiger partial charge in [0.1, 0.15) is 0 Å². The highest BCUT2D eigenvalue weighted by Crippen LogP contribution is 2.19. The van der Waals surface area contributed by atoms with Gasteiger partial charge in [-0.05, 0) is 69.8 Å². The van der Waals surface area contributed by atoms with Crippen LogP contribution in [0.2, 0.25) is 0 Å². The molecule has 2 N–H and O–H groups in total. The molecule has 41 heavy (non-hydrogen) atoms. The van der Waals surface area contributed by atoms with E-state index in [2.05, 4.69) is 63.3 Å². The zero-order valence-corrected chi connectivity index (χ0v) is 28.2. The molecule has 0 radical (unpaired) electrons. The highest BCUT2D eigenvalue weighted by molar-refractivity contribution is 9.11. The fourth-order valence-electron chi connectivity index (χ4n) is 3.52. The molecule has 0 aliphatic rings. The van der Waals surface area contributed by atoms with Gasteiger partial charge in [-0.1, -0.05) is 66.0 Å². The minimum Gasteiger partial charge on any atom is -0.469 e. The lowest BCUT2D eigenvalue weighted by molar-refractivity contribution is -0.140. The molecule has 3 rings (SSSR count). The van der Waals surface area contributed by atoms with E-state index in [-0.39, 0.29) is 38.0 Å². The molecule has 0 aliphatic heterocycles. The van der Waals surface area contributed by atoms with Gasteiger partial charge in [0.05, 0.1) is 53.5 Å². The molecule has 0 aromatic heterocycles. The Bertz CT molecular complexity index is 1170. The maximum absolute atomic E-state index is 11.2. The number of carbonyl (C=O) groups excluding carboxylic acids is 2. The first-order valence-electron chi connectivity index (χ1n) is 12.3. The van der Waals surface area contributed by atoms with Gasteiger partial charge in [0, 0.05) is 27.6 Å². The lowest BCUT2D eigenvalue weighted by Gasteiger charge is -2.05. The second-order valence-corrected chi connectivity index (χ2v) is 11.3. The first-order valence-corrected chi connectivity index (χ1v) is 14.6. The topological polar surface area (TPSA) is 112 Å². The van der Waals surface area contributed by atoms with Crippen LogP contribution < -0.4 is 0 Å². The molecule has 0 saturated heterocycles. The molecule has 3 aromatic carbocycles. The molecule has 0 unspecified atom stereocenters. The Labute approximate surface area is 266 Å². The van der Waals surface area contributed by atoms with Crippen LogP contribution in [0.3, 0.4) is 0 Å². The summed E-state index contributed by atoms with van der Waals surface area (Å²) in [6, 6.07) is 17.0. The Morgan fingerprint density at radius 3 is 1.15 bits per heavy atom. The smallest absolute Gasteiger partial charge is 0.309 e. The quantitative estimate of drug-likeness (QED) is 0.240. The Kier molecular flexibility index (Phi) is 18.6. The Hall–Kier alpha value is -2.12. The molecule has 3 aromatic rings. The van der Waals surface area contributed by atoms with E-state index in [9.17, 15) is 9.59 Å². The number of aliphatic hydroxyl groups excluding tert-OH is 2. The van der Waals surface area contributed by atoms with Crippen LogP contribution in [0.1, 0.15) is 33.4 Å². The van der Waals surface area contributed by atoms with E-state index in [1.54, 1.807) is 26.4 Å². The van der Waals surface area contributed by atoms with Gasteiger partial charge in [-0.3, -0.25) is 9.59 Å². The van der Waals surface area contributed by atoms with Crippen molar-refractivity contribution in [3.05, 3.63) is 101 Å². The fourth-order valence-corrected chi connectivity index (χ4v) is 5.28. The van der Waals surface area contributed by atoms with Crippen molar-refractivity contribution in [2.45, 2.75) is 39.3 Å². The molecule has 0 bridgehead atoms. The van der Waals surface area contributed by atoms with Crippen molar-refractivity contribution in [1.29, 1.82) is 0 Å². The maximum atomic E-state index is 11.2. The Morgan fingerprint density at radius 1 is 0.537 bits per heavy atom. The van der Waals surface area contributed by atoms with Gasteiger partial charge < -0.3 is 29.2 Å². The largest absolute Gasteiger partial charge is 0.469 e. The van der Waals surface area contributed by atoms with Gasteiger partial charge in [-0.15, -0.1) is 0 Å². The molecule has 11 heteroatoms. The molecule has 0 saturated carbocycles. The first kappa shape index (κ1) is 36.9. The predicted octanol–water partition coefficient (Wildman–Crippen LogP) is 6.06. The van der Waals surface area contributed by atoms with Gasteiger partial charge in [0.15, 0.2) is 0 Å². The number of esters is 2. The van der Waals surface area contributed by atoms with Crippen molar-refractivity contribution in [1.82, 2.24) is 0 Å². The molecule has 0 fully saturated rings. The van der Waals surface area contributed by atoms with E-state index in [0.29, 0.717) is 13.2 Å². The number of hydrogen-bond acceptors (Lipinski definition) is 8. The van der Waals surface area contributed by atoms with Gasteiger partial charge in [0.2, 0.25) is 0 Å². The minimum absolute atomic E-state index is 0.00639. The summed E-state index contributed by atoms with van der Waals surface area (Å²) in [6.07, 6.45) is 0.369. The molecule has 224 valence electrons. The number of methoxy groups -OCH3 is 4. The third-order valence-electron chi connectivity index (χ3n) is 5.19. The van der Waals surface area contributed by atoms with E-state index in [1.807, 2.05) is 36.4 Å². The summed E-state index contributed by atoms with van der Waals surface area (Å²) in [5.74, 6) is -0.626. The molecule has 0 heterocycles. The lowest BCUT2D eigenvalue weighted by Crippen LogP contribution is -2.07. The summed E-state index contributed by atoms with van der Waals surface area (Å²) in [5, 5.41) is 17.6. The third kappa shape index (κ3) is 15.6. The van der Waals surface area contributed by atoms with E-state index < -0.39 is 0 Å². The average Bonchev–Trinajstić information content (AvgIpc) is 2.93. The van der Waals surface area contributed by atoms with Crippen molar-refractivity contribution < 1.29 is 38.7 Å². The van der Waals surface area contributed by atoms with Gasteiger partial charge >= 0.3 is 11.9 Å². The zero-order chi connectivity index (χ0) is 30.8. The molecule has 0 amide bonds. The SMILES string of the molecule is COC(=O)Cc1cc(Br)cc(CC(=O)OC)c1.COCc1cc(Br)cc(COC)c1.OCc1cc(Br)cc(CO)c1. The van der Waals surface area contributed by atoms with Crippen LogP contribution >= 0.6 is 47.8 Å². The minimum atomic E-state index is -0.313. The van der Waals surface area contributed by atoms with Crippen LogP contribution in [0.25, 0.3) is 0 Å². The van der Waals surface area contributed by atoms with Gasteiger partial charge in [0.25, 0.3) is 0 Å². The lowest BCUT2D eigenvalue weighted by atomic mass is 10.1. The van der Waals surface area contributed by atoms with Crippen LogP contribution in [-0.4, -0.2) is 50.6 Å². The van der Waals surface area contributed by atoms with Crippen molar-refractivity contribution in [3.63, 3.8) is 0 Å². The Morgan fingerprint density at radius 2 is 0.829 bits per heavy atom. The molecule has 8 nitrogen and oxygen atoms in total. The summed E-state index contributed by atoms with van der Waals surface area (Å²) in [4.78, 5) is 22.3. The van der Waals surface area contributed by atoms with E-state index >= 15 is 0 Å². The normalized spacial score (nSPS) is 10.1. The third-order valence-corrected chi connectivity index (χ3v) is 6.57. The summed E-state index contributed by atoms with van der Waals surface area (Å²) in [6.45, 7) is 1.28. The summed E-state index contributed by atoms with van der Waals surface area (Å²) >= 11 is 10.0. The number of carbonyl (C=O) groups is 2. The number of benzene rings is 3. The monoisotopic (exact) mass is 760 g/mol. The second-order valence-electron chi connectivity index (χ2n) is 8.59. The molecule has 0 spiro atoms. The van der Waals surface area contributed by atoms with E-state index in [0.717, 1.165) is 46.8 Å². The van der Waals surface area contributed by atoms with Crippen LogP contribution in [0.15, 0.2) is 68.0 Å². The number of rotatable bonds is 10. The van der Waals surface area contributed by atoms with Gasteiger partial charge in [-0.2, -0.15) is 0 Å². The van der Waals surface area contributed by atoms with Crippen LogP contribution in [0, 0.1) is 0 Å². The molecular weight excluding hydrogens is 728 g/mol. The zero-order valence-electron chi connectivity index (χ0n) is 23.4.